The molecule has 2 N–H and O–H groups in total. The molecule has 0 fully saturated rings. The third kappa shape index (κ3) is 5.95. The largest absolute Gasteiger partial charge is 0.511 e. The number of unbranched alkanes of at least 4 members (excludes halogenated alkanes) is 3. The number of aromatic hydroxyl groups is 1. The smallest absolute Gasteiger partial charge is 0.502 e. The predicted octanol–water partition coefficient (Wildman–Crippen LogP) is 5.31. The van der Waals surface area contributed by atoms with E-state index in [1.54, 1.807) is 6.07 Å². The van der Waals surface area contributed by atoms with Crippen molar-refractivity contribution in [3.63, 3.8) is 0 Å². The van der Waals surface area contributed by atoms with Crippen LogP contribution in [0.2, 0.25) is 0 Å². The highest BCUT2D eigenvalue weighted by Crippen LogP contribution is 2.42. The van der Waals surface area contributed by atoms with Crippen molar-refractivity contribution in [2.75, 3.05) is 6.61 Å². The zero-order chi connectivity index (χ0) is 17.9. The summed E-state index contributed by atoms with van der Waals surface area (Å²) in [4.78, 5) is 10.9. The summed E-state index contributed by atoms with van der Waals surface area (Å²) >= 11 is 0. The van der Waals surface area contributed by atoms with Crippen molar-refractivity contribution < 1.29 is 24.5 Å². The highest BCUT2D eigenvalue weighted by molar-refractivity contribution is 5.66. The Bertz CT molecular complexity index is 525. The molecular weight excluding hydrogens is 308 g/mol. The molecule has 5 heteroatoms. The Balaban J connectivity index is 3.12. The Hall–Kier alpha value is -1.91. The fraction of sp³-hybridized carbons (Fsp3) is 0.632. The SMILES string of the molecule is CCCCCCOc1c(O)c(OC(=O)O)cc(CCC)c1CCC. The van der Waals surface area contributed by atoms with Gasteiger partial charge in [-0.15, -0.1) is 0 Å². The van der Waals surface area contributed by atoms with Crippen LogP contribution in [-0.4, -0.2) is 23.0 Å². The topological polar surface area (TPSA) is 76.0 Å². The molecule has 136 valence electrons. The second-order valence-electron chi connectivity index (χ2n) is 5.97. The molecule has 0 heterocycles. The number of hydrogen-bond donors (Lipinski definition) is 2. The molecule has 0 saturated heterocycles. The second-order valence-corrected chi connectivity index (χ2v) is 5.97. The van der Waals surface area contributed by atoms with Crippen LogP contribution in [-0.2, 0) is 12.8 Å². The monoisotopic (exact) mass is 338 g/mol. The number of ether oxygens (including phenoxy) is 2. The summed E-state index contributed by atoms with van der Waals surface area (Å²) in [6.45, 7) is 6.78. The van der Waals surface area contributed by atoms with E-state index in [-0.39, 0.29) is 11.5 Å². The maximum absolute atomic E-state index is 10.9. The van der Waals surface area contributed by atoms with Gasteiger partial charge in [0.2, 0.25) is 5.75 Å². The first kappa shape index (κ1) is 20.1. The zero-order valence-electron chi connectivity index (χ0n) is 15.1. The van der Waals surface area contributed by atoms with Crippen molar-refractivity contribution >= 4 is 6.16 Å². The standard InChI is InChI=1S/C19H30O5/c1-4-7-8-9-12-23-18-15(11-6-3)14(10-5-2)13-16(17(18)20)24-19(21)22/h13,20H,4-12H2,1-3H3,(H,21,22). The van der Waals surface area contributed by atoms with Crippen molar-refractivity contribution in [1.29, 1.82) is 0 Å². The summed E-state index contributed by atoms with van der Waals surface area (Å²) < 4.78 is 10.6. The molecule has 0 spiro atoms. The van der Waals surface area contributed by atoms with E-state index in [4.69, 9.17) is 14.6 Å². The molecule has 0 aliphatic carbocycles. The molecule has 1 aromatic carbocycles. The average Bonchev–Trinajstić information content (AvgIpc) is 2.53. The molecule has 0 amide bonds. The van der Waals surface area contributed by atoms with Crippen molar-refractivity contribution in [3.05, 3.63) is 17.2 Å². The minimum atomic E-state index is -1.44. The number of carboxylic acid groups (broad SMARTS) is 1. The van der Waals surface area contributed by atoms with Crippen LogP contribution in [0.25, 0.3) is 0 Å². The molecule has 0 saturated carbocycles. The number of carbonyl (C=O) groups is 1. The molecule has 0 aliphatic heterocycles. The molecule has 0 unspecified atom stereocenters. The lowest BCUT2D eigenvalue weighted by Crippen LogP contribution is -2.08. The van der Waals surface area contributed by atoms with E-state index in [0.717, 1.165) is 62.5 Å². The number of phenolic OH excluding ortho intramolecular Hbond substituents is 1. The highest BCUT2D eigenvalue weighted by atomic mass is 16.7. The molecule has 0 bridgehead atoms. The van der Waals surface area contributed by atoms with Gasteiger partial charge in [0.15, 0.2) is 11.5 Å². The normalized spacial score (nSPS) is 10.6. The van der Waals surface area contributed by atoms with Gasteiger partial charge in [-0.2, -0.15) is 0 Å². The Labute approximate surface area is 144 Å². The fourth-order valence-corrected chi connectivity index (χ4v) is 2.76. The maximum atomic E-state index is 10.9. The van der Waals surface area contributed by atoms with Gasteiger partial charge in [0.05, 0.1) is 6.61 Å². The fourth-order valence-electron chi connectivity index (χ4n) is 2.76. The van der Waals surface area contributed by atoms with Gasteiger partial charge in [-0.1, -0.05) is 52.9 Å². The Morgan fingerprint density at radius 3 is 2.33 bits per heavy atom. The van der Waals surface area contributed by atoms with E-state index in [0.29, 0.717) is 12.4 Å². The van der Waals surface area contributed by atoms with Gasteiger partial charge >= 0.3 is 6.16 Å². The lowest BCUT2D eigenvalue weighted by atomic mass is 9.97. The summed E-state index contributed by atoms with van der Waals surface area (Å²) in [6.07, 6.45) is 6.25. The lowest BCUT2D eigenvalue weighted by Gasteiger charge is -2.19. The Morgan fingerprint density at radius 2 is 1.75 bits per heavy atom. The summed E-state index contributed by atoms with van der Waals surface area (Å²) in [5.41, 5.74) is 1.95. The summed E-state index contributed by atoms with van der Waals surface area (Å²) in [7, 11) is 0. The van der Waals surface area contributed by atoms with Crippen LogP contribution < -0.4 is 9.47 Å². The van der Waals surface area contributed by atoms with Crippen molar-refractivity contribution in [3.8, 4) is 17.2 Å². The van der Waals surface area contributed by atoms with Crippen LogP contribution >= 0.6 is 0 Å². The molecular formula is C19H30O5. The van der Waals surface area contributed by atoms with Crippen molar-refractivity contribution in [2.45, 2.75) is 72.1 Å². The molecule has 0 aliphatic rings. The van der Waals surface area contributed by atoms with Gasteiger partial charge in [0.25, 0.3) is 0 Å². The van der Waals surface area contributed by atoms with Crippen LogP contribution in [0.5, 0.6) is 17.2 Å². The first-order valence-electron chi connectivity index (χ1n) is 8.96. The van der Waals surface area contributed by atoms with Gasteiger partial charge in [-0.25, -0.2) is 4.79 Å². The van der Waals surface area contributed by atoms with Crippen LogP contribution in [0, 0.1) is 0 Å². The molecule has 0 radical (unpaired) electrons. The molecule has 1 aromatic rings. The van der Waals surface area contributed by atoms with E-state index in [2.05, 4.69) is 20.8 Å². The third-order valence-corrected chi connectivity index (χ3v) is 3.88. The molecule has 1 rings (SSSR count). The number of aryl methyl sites for hydroxylation is 1. The van der Waals surface area contributed by atoms with Crippen LogP contribution in [0.15, 0.2) is 6.07 Å². The first-order chi connectivity index (χ1) is 11.5. The van der Waals surface area contributed by atoms with E-state index in [1.807, 2.05) is 0 Å². The molecule has 24 heavy (non-hydrogen) atoms. The van der Waals surface area contributed by atoms with Gasteiger partial charge < -0.3 is 19.7 Å². The molecule has 0 aromatic heterocycles. The maximum Gasteiger partial charge on any atom is 0.511 e. The van der Waals surface area contributed by atoms with Crippen LogP contribution in [0.4, 0.5) is 4.79 Å². The van der Waals surface area contributed by atoms with Crippen LogP contribution in [0.1, 0.15) is 70.4 Å². The van der Waals surface area contributed by atoms with Crippen LogP contribution in [0.3, 0.4) is 0 Å². The average molecular weight is 338 g/mol. The summed E-state index contributed by atoms with van der Waals surface area (Å²) in [5.74, 6) is 0.126. The summed E-state index contributed by atoms with van der Waals surface area (Å²) in [6, 6.07) is 1.63. The minimum Gasteiger partial charge on any atom is -0.502 e. The van der Waals surface area contributed by atoms with Crippen molar-refractivity contribution in [1.82, 2.24) is 0 Å². The van der Waals surface area contributed by atoms with Gasteiger partial charge in [0.1, 0.15) is 0 Å². The Morgan fingerprint density at radius 1 is 1.04 bits per heavy atom. The van der Waals surface area contributed by atoms with Gasteiger partial charge in [-0.3, -0.25) is 0 Å². The lowest BCUT2D eigenvalue weighted by molar-refractivity contribution is 0.142. The highest BCUT2D eigenvalue weighted by Gasteiger charge is 2.21. The number of phenols is 1. The number of rotatable bonds is 11. The zero-order valence-corrected chi connectivity index (χ0v) is 15.1. The first-order valence-corrected chi connectivity index (χ1v) is 8.96. The Kier molecular flexibility index (Phi) is 9.05. The molecule has 0 atom stereocenters. The summed E-state index contributed by atoms with van der Waals surface area (Å²) in [5, 5.41) is 19.3. The quantitative estimate of drug-likeness (QED) is 0.325. The van der Waals surface area contributed by atoms with E-state index < -0.39 is 6.16 Å². The van der Waals surface area contributed by atoms with E-state index in [1.165, 1.54) is 0 Å². The van der Waals surface area contributed by atoms with Gasteiger partial charge in [0, 0.05) is 5.56 Å². The number of hydrogen-bond acceptors (Lipinski definition) is 4. The van der Waals surface area contributed by atoms with E-state index in [9.17, 15) is 9.90 Å². The third-order valence-electron chi connectivity index (χ3n) is 3.88. The van der Waals surface area contributed by atoms with Gasteiger partial charge in [-0.05, 0) is 30.9 Å². The number of benzene rings is 1. The molecule has 5 nitrogen and oxygen atoms in total. The van der Waals surface area contributed by atoms with Crippen molar-refractivity contribution in [2.24, 2.45) is 0 Å². The second kappa shape index (κ2) is 10.8. The van der Waals surface area contributed by atoms with E-state index >= 15 is 0 Å². The predicted molar refractivity (Wildman–Crippen MR) is 94.4 cm³/mol. The minimum absolute atomic E-state index is 0.0469.